The summed E-state index contributed by atoms with van der Waals surface area (Å²) in [6.45, 7) is 10.6. The van der Waals surface area contributed by atoms with Crippen molar-refractivity contribution in [1.82, 2.24) is 14.9 Å². The predicted octanol–water partition coefficient (Wildman–Crippen LogP) is 2.78. The molecule has 7 nitrogen and oxygen atoms in total. The quantitative estimate of drug-likeness (QED) is 0.503. The standard InChI is InChI=1S/C21H35N3O4S/c1-6-9-10-14-22-21(26)19(16(4)5)23-20(25)17-12-11-13-18(15-17)29(27,28)24(7-2)8-3/h11-13,15-16,19H,6-10,14H2,1-5H3,(H,22,26)(H,23,25)/t19-/m0/s1. The van der Waals surface area contributed by atoms with Crippen LogP contribution >= 0.6 is 0 Å². The molecule has 0 aromatic heterocycles. The number of carbonyl (C=O) groups excluding carboxylic acids is 2. The number of nitrogens with one attached hydrogen (secondary N) is 2. The second-order valence-electron chi connectivity index (χ2n) is 7.31. The lowest BCUT2D eigenvalue weighted by Crippen LogP contribution is -2.49. The Labute approximate surface area is 175 Å². The van der Waals surface area contributed by atoms with Crippen LogP contribution in [0.15, 0.2) is 29.2 Å². The summed E-state index contributed by atoms with van der Waals surface area (Å²) in [4.78, 5) is 25.3. The second-order valence-corrected chi connectivity index (χ2v) is 9.25. The summed E-state index contributed by atoms with van der Waals surface area (Å²) < 4.78 is 26.8. The highest BCUT2D eigenvalue weighted by molar-refractivity contribution is 7.89. The zero-order valence-electron chi connectivity index (χ0n) is 18.2. The average molecular weight is 426 g/mol. The van der Waals surface area contributed by atoms with Gasteiger partial charge < -0.3 is 10.6 Å². The molecule has 0 heterocycles. The monoisotopic (exact) mass is 425 g/mol. The van der Waals surface area contributed by atoms with E-state index in [1.54, 1.807) is 26.0 Å². The van der Waals surface area contributed by atoms with Crippen LogP contribution < -0.4 is 10.6 Å². The van der Waals surface area contributed by atoms with Crippen LogP contribution in [0.2, 0.25) is 0 Å². The van der Waals surface area contributed by atoms with Crippen molar-refractivity contribution in [1.29, 1.82) is 0 Å². The van der Waals surface area contributed by atoms with Crippen molar-refractivity contribution in [2.45, 2.75) is 64.8 Å². The molecule has 0 bridgehead atoms. The van der Waals surface area contributed by atoms with Gasteiger partial charge in [0.25, 0.3) is 5.91 Å². The van der Waals surface area contributed by atoms with E-state index in [9.17, 15) is 18.0 Å². The molecule has 29 heavy (non-hydrogen) atoms. The van der Waals surface area contributed by atoms with Gasteiger partial charge in [0.05, 0.1) is 4.90 Å². The topological polar surface area (TPSA) is 95.6 Å². The number of carbonyl (C=O) groups is 2. The lowest BCUT2D eigenvalue weighted by atomic mass is 10.0. The van der Waals surface area contributed by atoms with Crippen LogP contribution in [0.4, 0.5) is 0 Å². The van der Waals surface area contributed by atoms with Crippen molar-refractivity contribution in [2.24, 2.45) is 5.92 Å². The fourth-order valence-corrected chi connectivity index (χ4v) is 4.47. The fraction of sp³-hybridized carbons (Fsp3) is 0.619. The highest BCUT2D eigenvalue weighted by Gasteiger charge is 2.26. The van der Waals surface area contributed by atoms with E-state index < -0.39 is 22.0 Å². The first-order valence-corrected chi connectivity index (χ1v) is 11.8. The molecule has 0 spiro atoms. The van der Waals surface area contributed by atoms with E-state index >= 15 is 0 Å². The van der Waals surface area contributed by atoms with Gasteiger partial charge >= 0.3 is 0 Å². The molecular formula is C21H35N3O4S. The van der Waals surface area contributed by atoms with E-state index in [4.69, 9.17) is 0 Å². The zero-order valence-corrected chi connectivity index (χ0v) is 19.0. The minimum atomic E-state index is -3.66. The summed E-state index contributed by atoms with van der Waals surface area (Å²) in [5, 5.41) is 5.62. The molecule has 1 rings (SSSR count). The third kappa shape index (κ3) is 7.12. The molecule has 0 aliphatic rings. The van der Waals surface area contributed by atoms with E-state index in [-0.39, 0.29) is 22.3 Å². The Balaban J connectivity index is 2.95. The molecule has 0 saturated carbocycles. The Morgan fingerprint density at radius 2 is 1.72 bits per heavy atom. The molecular weight excluding hydrogens is 390 g/mol. The van der Waals surface area contributed by atoms with Crippen LogP contribution in [0.3, 0.4) is 0 Å². The van der Waals surface area contributed by atoms with Gasteiger partial charge in [0.15, 0.2) is 0 Å². The zero-order chi connectivity index (χ0) is 22.0. The Kier molecular flexibility index (Phi) is 10.3. The van der Waals surface area contributed by atoms with Gasteiger partial charge in [0, 0.05) is 25.2 Å². The number of rotatable bonds is 12. The van der Waals surface area contributed by atoms with Crippen molar-refractivity contribution >= 4 is 21.8 Å². The molecule has 0 unspecified atom stereocenters. The summed E-state index contributed by atoms with van der Waals surface area (Å²) in [5.41, 5.74) is 0.211. The Morgan fingerprint density at radius 3 is 2.28 bits per heavy atom. The Hall–Kier alpha value is -1.93. The van der Waals surface area contributed by atoms with Gasteiger partial charge in [-0.2, -0.15) is 4.31 Å². The first-order chi connectivity index (χ1) is 13.7. The molecule has 164 valence electrons. The van der Waals surface area contributed by atoms with E-state index in [0.717, 1.165) is 19.3 Å². The number of amides is 2. The van der Waals surface area contributed by atoms with Crippen molar-refractivity contribution in [2.75, 3.05) is 19.6 Å². The maximum atomic E-state index is 12.7. The third-order valence-corrected chi connectivity index (χ3v) is 6.80. The van der Waals surface area contributed by atoms with E-state index in [1.165, 1.54) is 16.4 Å². The van der Waals surface area contributed by atoms with Gasteiger partial charge in [-0.25, -0.2) is 8.42 Å². The summed E-state index contributed by atoms with van der Waals surface area (Å²) in [6, 6.07) is 5.24. The number of sulfonamides is 1. The number of nitrogens with zero attached hydrogens (tertiary/aromatic N) is 1. The van der Waals surface area contributed by atoms with Crippen molar-refractivity contribution in [3.05, 3.63) is 29.8 Å². The average Bonchev–Trinajstić information content (AvgIpc) is 2.69. The van der Waals surface area contributed by atoms with Crippen LogP contribution in [-0.4, -0.2) is 50.2 Å². The number of hydrogen-bond acceptors (Lipinski definition) is 4. The SMILES string of the molecule is CCCCCNC(=O)[C@@H](NC(=O)c1cccc(S(=O)(=O)N(CC)CC)c1)C(C)C. The molecule has 2 amide bonds. The van der Waals surface area contributed by atoms with Crippen LogP contribution in [0.25, 0.3) is 0 Å². The molecule has 2 N–H and O–H groups in total. The largest absolute Gasteiger partial charge is 0.354 e. The van der Waals surface area contributed by atoms with Crippen molar-refractivity contribution < 1.29 is 18.0 Å². The van der Waals surface area contributed by atoms with Crippen LogP contribution in [0.1, 0.15) is 64.2 Å². The Bertz CT molecular complexity index is 774. The molecule has 1 atom stereocenters. The van der Waals surface area contributed by atoms with Crippen LogP contribution in [0.5, 0.6) is 0 Å². The summed E-state index contributed by atoms with van der Waals surface area (Å²) in [7, 11) is -3.66. The summed E-state index contributed by atoms with van der Waals surface area (Å²) >= 11 is 0. The van der Waals surface area contributed by atoms with Gasteiger partial charge in [0.1, 0.15) is 6.04 Å². The third-order valence-electron chi connectivity index (χ3n) is 4.75. The van der Waals surface area contributed by atoms with Gasteiger partial charge in [-0.3, -0.25) is 9.59 Å². The summed E-state index contributed by atoms with van der Waals surface area (Å²) in [5.74, 6) is -0.798. The van der Waals surface area contributed by atoms with Crippen molar-refractivity contribution in [3.63, 3.8) is 0 Å². The molecule has 1 aromatic rings. The molecule has 0 aliphatic heterocycles. The van der Waals surface area contributed by atoms with Gasteiger partial charge in [0.2, 0.25) is 15.9 Å². The number of unbranched alkanes of at least 4 members (excludes halogenated alkanes) is 2. The molecule has 8 heteroatoms. The smallest absolute Gasteiger partial charge is 0.251 e. The molecule has 0 saturated heterocycles. The normalized spacial score (nSPS) is 12.8. The lowest BCUT2D eigenvalue weighted by molar-refractivity contribution is -0.123. The predicted molar refractivity (Wildman–Crippen MR) is 115 cm³/mol. The van der Waals surface area contributed by atoms with Crippen molar-refractivity contribution in [3.8, 4) is 0 Å². The number of benzene rings is 1. The fourth-order valence-electron chi connectivity index (χ4n) is 2.97. The van der Waals surface area contributed by atoms with Crippen LogP contribution in [0, 0.1) is 5.92 Å². The molecule has 1 aromatic carbocycles. The van der Waals surface area contributed by atoms with E-state index in [2.05, 4.69) is 17.6 Å². The maximum Gasteiger partial charge on any atom is 0.251 e. The summed E-state index contributed by atoms with van der Waals surface area (Å²) in [6.07, 6.45) is 2.99. The first kappa shape index (κ1) is 25.1. The highest BCUT2D eigenvalue weighted by Crippen LogP contribution is 2.17. The second kappa shape index (κ2) is 11.9. The Morgan fingerprint density at radius 1 is 1.07 bits per heavy atom. The van der Waals surface area contributed by atoms with Gasteiger partial charge in [-0.15, -0.1) is 0 Å². The highest BCUT2D eigenvalue weighted by atomic mass is 32.2. The molecule has 0 fully saturated rings. The van der Waals surface area contributed by atoms with E-state index in [0.29, 0.717) is 19.6 Å². The first-order valence-electron chi connectivity index (χ1n) is 10.4. The minimum absolute atomic E-state index is 0.0685. The van der Waals surface area contributed by atoms with Gasteiger partial charge in [-0.1, -0.05) is 53.5 Å². The maximum absolute atomic E-state index is 12.7. The lowest BCUT2D eigenvalue weighted by Gasteiger charge is -2.22. The number of hydrogen-bond donors (Lipinski definition) is 2. The van der Waals surface area contributed by atoms with Crippen LogP contribution in [-0.2, 0) is 14.8 Å². The van der Waals surface area contributed by atoms with Gasteiger partial charge in [-0.05, 0) is 30.5 Å². The molecule has 0 radical (unpaired) electrons. The molecule has 0 aliphatic carbocycles. The minimum Gasteiger partial charge on any atom is -0.354 e. The van der Waals surface area contributed by atoms with E-state index in [1.807, 2.05) is 13.8 Å².